The standard InChI is InChI=1S/C30H24Cl3FN2O6/c1-40-28-19(6-15(12-35-28)29(37)38)16-10-30(39,11-16)21-5-4-18(9-22(21)31)41-13-20-26(36-42-27(20)14-2-3-14)25-23(32)7-17(34)8-24(25)33/h4-9,12,14,16,39H,2-3,10-11,13H2,1H3,(H,37,38)/t16-,30+. The van der Waals surface area contributed by atoms with Crippen LogP contribution in [0.4, 0.5) is 4.39 Å². The molecular formula is C30H24Cl3FN2O6. The normalized spacial score (nSPS) is 19.8. The lowest BCUT2D eigenvalue weighted by Crippen LogP contribution is -2.40. The van der Waals surface area contributed by atoms with Crippen LogP contribution >= 0.6 is 34.8 Å². The molecule has 2 aliphatic carbocycles. The van der Waals surface area contributed by atoms with E-state index in [1.165, 1.54) is 31.5 Å². The zero-order valence-corrected chi connectivity index (χ0v) is 24.4. The molecule has 0 unspecified atom stereocenters. The Morgan fingerprint density at radius 1 is 1.10 bits per heavy atom. The average Bonchev–Trinajstić information content (AvgIpc) is 3.69. The number of methoxy groups -OCH3 is 1. The summed E-state index contributed by atoms with van der Waals surface area (Å²) < 4.78 is 30.9. The van der Waals surface area contributed by atoms with Crippen molar-refractivity contribution in [2.75, 3.05) is 7.11 Å². The van der Waals surface area contributed by atoms with E-state index in [4.69, 9.17) is 48.8 Å². The zero-order chi connectivity index (χ0) is 29.8. The van der Waals surface area contributed by atoms with Gasteiger partial charge in [-0.25, -0.2) is 14.2 Å². The van der Waals surface area contributed by atoms with Crippen LogP contribution < -0.4 is 9.47 Å². The van der Waals surface area contributed by atoms with Crippen molar-refractivity contribution in [3.05, 3.63) is 91.5 Å². The summed E-state index contributed by atoms with van der Waals surface area (Å²) in [5.41, 5.74) is 1.40. The van der Waals surface area contributed by atoms with E-state index in [0.29, 0.717) is 63.2 Å². The van der Waals surface area contributed by atoms with Gasteiger partial charge < -0.3 is 24.2 Å². The Labute approximate surface area is 254 Å². The predicted molar refractivity (Wildman–Crippen MR) is 153 cm³/mol. The molecule has 4 aromatic rings. The molecule has 0 aliphatic heterocycles. The third kappa shape index (κ3) is 5.30. The Kier molecular flexibility index (Phi) is 7.55. The van der Waals surface area contributed by atoms with Crippen LogP contribution in [0.1, 0.15) is 70.3 Å². The fourth-order valence-corrected chi connectivity index (χ4v) is 6.44. The minimum Gasteiger partial charge on any atom is -0.489 e. The van der Waals surface area contributed by atoms with Crippen molar-refractivity contribution in [1.29, 1.82) is 0 Å². The van der Waals surface area contributed by atoms with E-state index in [1.807, 2.05) is 0 Å². The van der Waals surface area contributed by atoms with Gasteiger partial charge >= 0.3 is 5.97 Å². The van der Waals surface area contributed by atoms with Crippen LogP contribution in [0.3, 0.4) is 0 Å². The molecular weight excluding hydrogens is 610 g/mol. The average molecular weight is 634 g/mol. The Bertz CT molecular complexity index is 1680. The second-order valence-electron chi connectivity index (χ2n) is 10.6. The highest BCUT2D eigenvalue weighted by Gasteiger charge is 2.47. The van der Waals surface area contributed by atoms with E-state index in [2.05, 4.69) is 10.1 Å². The summed E-state index contributed by atoms with van der Waals surface area (Å²) in [4.78, 5) is 15.5. The first-order chi connectivity index (χ1) is 20.1. The molecule has 12 heteroatoms. The Balaban J connectivity index is 1.21. The van der Waals surface area contributed by atoms with Crippen molar-refractivity contribution < 1.29 is 33.4 Å². The van der Waals surface area contributed by atoms with Gasteiger partial charge in [0.1, 0.15) is 29.6 Å². The van der Waals surface area contributed by atoms with Crippen LogP contribution in [0.25, 0.3) is 11.3 Å². The molecule has 2 aromatic heterocycles. The van der Waals surface area contributed by atoms with Crippen LogP contribution in [0.5, 0.6) is 11.6 Å². The maximum Gasteiger partial charge on any atom is 0.337 e. The summed E-state index contributed by atoms with van der Waals surface area (Å²) in [6.07, 6.45) is 3.76. The fraction of sp³-hybridized carbons (Fsp3) is 0.300. The first kappa shape index (κ1) is 28.7. The monoisotopic (exact) mass is 632 g/mol. The van der Waals surface area contributed by atoms with Crippen molar-refractivity contribution >= 4 is 40.8 Å². The second-order valence-corrected chi connectivity index (χ2v) is 11.8. The zero-order valence-electron chi connectivity index (χ0n) is 22.2. The molecule has 8 nitrogen and oxygen atoms in total. The molecule has 2 fully saturated rings. The molecule has 2 heterocycles. The molecule has 0 bridgehead atoms. The molecule has 218 valence electrons. The minimum absolute atomic E-state index is 0.0468. The highest BCUT2D eigenvalue weighted by atomic mass is 35.5. The topological polar surface area (TPSA) is 115 Å². The maximum atomic E-state index is 13.8. The number of aliphatic hydroxyl groups is 1. The lowest BCUT2D eigenvalue weighted by molar-refractivity contribution is -0.0554. The summed E-state index contributed by atoms with van der Waals surface area (Å²) in [6, 6.07) is 8.91. The minimum atomic E-state index is -1.22. The third-order valence-corrected chi connectivity index (χ3v) is 8.67. The van der Waals surface area contributed by atoms with Crippen LogP contribution in [-0.4, -0.2) is 33.4 Å². The van der Waals surface area contributed by atoms with Crippen molar-refractivity contribution in [3.63, 3.8) is 0 Å². The number of hydrogen-bond donors (Lipinski definition) is 2. The lowest BCUT2D eigenvalue weighted by atomic mass is 9.65. The molecule has 2 aromatic carbocycles. The molecule has 0 atom stereocenters. The van der Waals surface area contributed by atoms with Gasteiger partial charge in [0.05, 0.1) is 38.9 Å². The number of hydrogen-bond acceptors (Lipinski definition) is 7. The molecule has 42 heavy (non-hydrogen) atoms. The van der Waals surface area contributed by atoms with Gasteiger partial charge in [0.2, 0.25) is 5.88 Å². The molecule has 0 amide bonds. The van der Waals surface area contributed by atoms with Gasteiger partial charge in [-0.3, -0.25) is 0 Å². The van der Waals surface area contributed by atoms with Crippen LogP contribution in [0, 0.1) is 5.82 Å². The Hall–Kier alpha value is -3.37. The van der Waals surface area contributed by atoms with Crippen LogP contribution in [-0.2, 0) is 12.2 Å². The smallest absolute Gasteiger partial charge is 0.337 e. The van der Waals surface area contributed by atoms with Crippen molar-refractivity contribution in [2.24, 2.45) is 0 Å². The number of carboxylic acids is 1. The first-order valence-electron chi connectivity index (χ1n) is 13.1. The summed E-state index contributed by atoms with van der Waals surface area (Å²) >= 11 is 19.3. The van der Waals surface area contributed by atoms with Crippen molar-refractivity contribution in [2.45, 2.75) is 49.7 Å². The lowest BCUT2D eigenvalue weighted by Gasteiger charge is -2.44. The van der Waals surface area contributed by atoms with E-state index in [1.54, 1.807) is 18.2 Å². The fourth-order valence-electron chi connectivity index (χ4n) is 5.46. The summed E-state index contributed by atoms with van der Waals surface area (Å²) in [7, 11) is 1.46. The summed E-state index contributed by atoms with van der Waals surface area (Å²) in [5, 5.41) is 25.5. The number of pyridine rings is 1. The van der Waals surface area contributed by atoms with Gasteiger partial charge in [-0.1, -0.05) is 46.0 Å². The van der Waals surface area contributed by atoms with E-state index < -0.39 is 17.4 Å². The van der Waals surface area contributed by atoms with Gasteiger partial charge in [0.25, 0.3) is 0 Å². The van der Waals surface area contributed by atoms with E-state index in [0.717, 1.165) is 12.8 Å². The van der Waals surface area contributed by atoms with E-state index >= 15 is 0 Å². The largest absolute Gasteiger partial charge is 0.489 e. The van der Waals surface area contributed by atoms with Crippen molar-refractivity contribution in [3.8, 4) is 22.9 Å². The number of rotatable bonds is 9. The number of nitrogens with zero attached hydrogens (tertiary/aromatic N) is 2. The van der Waals surface area contributed by atoms with Crippen LogP contribution in [0.2, 0.25) is 15.1 Å². The van der Waals surface area contributed by atoms with Crippen LogP contribution in [0.15, 0.2) is 47.1 Å². The third-order valence-electron chi connectivity index (χ3n) is 7.76. The SMILES string of the molecule is COc1ncc(C(=O)O)cc1[C@H]1C[C@](O)(c2ccc(OCc3c(-c4c(Cl)cc(F)cc4Cl)noc3C3CC3)cc2Cl)C1. The number of benzene rings is 2. The highest BCUT2D eigenvalue weighted by Crippen LogP contribution is 2.54. The molecule has 0 saturated heterocycles. The number of aromatic nitrogens is 2. The number of aromatic carboxylic acids is 1. The number of carboxylic acid groups (broad SMARTS) is 1. The summed E-state index contributed by atoms with van der Waals surface area (Å²) in [5.74, 6) is -0.156. The quantitative estimate of drug-likeness (QED) is 0.192. The molecule has 0 spiro atoms. The predicted octanol–water partition coefficient (Wildman–Crippen LogP) is 7.76. The van der Waals surface area contributed by atoms with Gasteiger partial charge in [0.15, 0.2) is 0 Å². The summed E-state index contributed by atoms with van der Waals surface area (Å²) in [6.45, 7) is 0.0728. The Morgan fingerprint density at radius 2 is 1.81 bits per heavy atom. The number of halogens is 4. The molecule has 6 rings (SSSR count). The molecule has 2 saturated carbocycles. The first-order valence-corrected chi connectivity index (χ1v) is 14.3. The number of carbonyl (C=O) groups is 1. The second kappa shape index (κ2) is 11.0. The van der Waals surface area contributed by atoms with E-state index in [9.17, 15) is 19.4 Å². The highest BCUT2D eigenvalue weighted by molar-refractivity contribution is 6.39. The Morgan fingerprint density at radius 3 is 2.43 bits per heavy atom. The maximum absolute atomic E-state index is 13.8. The van der Waals surface area contributed by atoms with Gasteiger partial charge in [-0.05, 0) is 61.9 Å². The molecule has 0 radical (unpaired) electrons. The molecule has 2 aliphatic rings. The van der Waals surface area contributed by atoms with E-state index in [-0.39, 0.29) is 34.1 Å². The number of ether oxygens (including phenoxy) is 2. The molecule has 2 N–H and O–H groups in total. The van der Waals surface area contributed by atoms with Gasteiger partial charge in [-0.15, -0.1) is 0 Å². The van der Waals surface area contributed by atoms with Gasteiger partial charge in [0, 0.05) is 28.8 Å². The van der Waals surface area contributed by atoms with Crippen molar-refractivity contribution in [1.82, 2.24) is 10.1 Å². The van der Waals surface area contributed by atoms with Gasteiger partial charge in [-0.2, -0.15) is 0 Å².